The first kappa shape index (κ1) is 17.3. The zero-order valence-electron chi connectivity index (χ0n) is 13.9. The fourth-order valence-corrected chi connectivity index (χ4v) is 2.14. The average Bonchev–Trinajstić information content (AvgIpc) is 2.55. The van der Waals surface area contributed by atoms with Crippen molar-refractivity contribution in [2.75, 3.05) is 0 Å². The quantitative estimate of drug-likeness (QED) is 0.520. The van der Waals surface area contributed by atoms with Gasteiger partial charge < -0.3 is 0 Å². The zero-order valence-corrected chi connectivity index (χ0v) is 13.9. The summed E-state index contributed by atoms with van der Waals surface area (Å²) in [6.07, 6.45) is 0.113. The van der Waals surface area contributed by atoms with Gasteiger partial charge in [0, 0.05) is 12.1 Å². The molecule has 1 N–H and O–H groups in total. The number of benzene rings is 2. The van der Waals surface area contributed by atoms with E-state index in [-0.39, 0.29) is 18.0 Å². The highest BCUT2D eigenvalue weighted by Crippen LogP contribution is 2.12. The standard InChI is InChI=1S/C18H19N3O3/c1-12-4-7-16(10-13(12)2)14(3)19-20-18(22)11-15-5-8-17(9-6-15)21(23)24/h4-10H,11H2,1-3H3,(H,20,22)/b19-14-. The highest BCUT2D eigenvalue weighted by Gasteiger charge is 2.07. The minimum atomic E-state index is -0.471. The van der Waals surface area contributed by atoms with Gasteiger partial charge in [0.1, 0.15) is 0 Å². The fourth-order valence-electron chi connectivity index (χ4n) is 2.14. The Balaban J connectivity index is 1.98. The first-order valence-electron chi connectivity index (χ1n) is 7.51. The van der Waals surface area contributed by atoms with Gasteiger partial charge in [0.2, 0.25) is 5.91 Å². The molecule has 0 heterocycles. The lowest BCUT2D eigenvalue weighted by Crippen LogP contribution is -2.21. The number of non-ortho nitro benzene ring substituents is 1. The smallest absolute Gasteiger partial charge is 0.269 e. The molecule has 0 spiro atoms. The van der Waals surface area contributed by atoms with Gasteiger partial charge in [-0.25, -0.2) is 5.43 Å². The third-order valence-corrected chi connectivity index (χ3v) is 3.78. The van der Waals surface area contributed by atoms with E-state index in [0.29, 0.717) is 5.56 Å². The molecule has 0 bridgehead atoms. The Hall–Kier alpha value is -3.02. The second-order valence-corrected chi connectivity index (χ2v) is 5.63. The van der Waals surface area contributed by atoms with Crippen molar-refractivity contribution in [3.05, 3.63) is 74.8 Å². The molecule has 1 amide bonds. The molecule has 6 heteroatoms. The Morgan fingerprint density at radius 3 is 2.38 bits per heavy atom. The average molecular weight is 325 g/mol. The summed E-state index contributed by atoms with van der Waals surface area (Å²) in [6.45, 7) is 5.90. The molecule has 0 aliphatic carbocycles. The van der Waals surface area contributed by atoms with E-state index >= 15 is 0 Å². The number of hydrogen-bond donors (Lipinski definition) is 1. The minimum Gasteiger partial charge on any atom is -0.273 e. The Kier molecular flexibility index (Phi) is 5.42. The maximum absolute atomic E-state index is 11.9. The van der Waals surface area contributed by atoms with E-state index in [0.717, 1.165) is 11.3 Å². The van der Waals surface area contributed by atoms with E-state index in [1.807, 2.05) is 39.0 Å². The van der Waals surface area contributed by atoms with Gasteiger partial charge in [-0.15, -0.1) is 0 Å². The van der Waals surface area contributed by atoms with Gasteiger partial charge in [-0.2, -0.15) is 5.10 Å². The maximum Gasteiger partial charge on any atom is 0.269 e. The van der Waals surface area contributed by atoms with Crippen molar-refractivity contribution in [1.82, 2.24) is 5.43 Å². The summed E-state index contributed by atoms with van der Waals surface area (Å²) < 4.78 is 0. The summed E-state index contributed by atoms with van der Waals surface area (Å²) in [5.74, 6) is -0.271. The number of nitrogens with zero attached hydrogens (tertiary/aromatic N) is 2. The van der Waals surface area contributed by atoms with Gasteiger partial charge >= 0.3 is 0 Å². The molecule has 0 aliphatic heterocycles. The first-order chi connectivity index (χ1) is 11.4. The summed E-state index contributed by atoms with van der Waals surface area (Å²) >= 11 is 0. The van der Waals surface area contributed by atoms with Crippen LogP contribution in [0.25, 0.3) is 0 Å². The molecule has 0 saturated carbocycles. The van der Waals surface area contributed by atoms with E-state index < -0.39 is 4.92 Å². The van der Waals surface area contributed by atoms with Crippen LogP contribution in [0, 0.1) is 24.0 Å². The number of carbonyl (C=O) groups is 1. The van der Waals surface area contributed by atoms with Crippen LogP contribution in [0.5, 0.6) is 0 Å². The van der Waals surface area contributed by atoms with Crippen molar-refractivity contribution >= 4 is 17.3 Å². The van der Waals surface area contributed by atoms with Crippen molar-refractivity contribution < 1.29 is 9.72 Å². The molecule has 2 rings (SSSR count). The number of rotatable bonds is 5. The van der Waals surface area contributed by atoms with Crippen molar-refractivity contribution in [3.63, 3.8) is 0 Å². The molecule has 0 aliphatic rings. The van der Waals surface area contributed by atoms with Crippen molar-refractivity contribution in [2.45, 2.75) is 27.2 Å². The minimum absolute atomic E-state index is 0.00256. The highest BCUT2D eigenvalue weighted by molar-refractivity contribution is 5.99. The summed E-state index contributed by atoms with van der Waals surface area (Å²) in [7, 11) is 0. The normalized spacial score (nSPS) is 11.2. The molecule has 0 atom stereocenters. The molecule has 6 nitrogen and oxygen atoms in total. The highest BCUT2D eigenvalue weighted by atomic mass is 16.6. The van der Waals surface area contributed by atoms with Crippen molar-refractivity contribution in [3.8, 4) is 0 Å². The van der Waals surface area contributed by atoms with Gasteiger partial charge in [0.15, 0.2) is 0 Å². The molecule has 2 aromatic carbocycles. The van der Waals surface area contributed by atoms with E-state index in [1.165, 1.54) is 23.3 Å². The summed E-state index contributed by atoms with van der Waals surface area (Å²) in [5.41, 5.74) is 7.25. The number of hydrogen-bond acceptors (Lipinski definition) is 4. The van der Waals surface area contributed by atoms with Crippen LogP contribution in [0.4, 0.5) is 5.69 Å². The molecule has 24 heavy (non-hydrogen) atoms. The van der Waals surface area contributed by atoms with Gasteiger partial charge in [-0.1, -0.05) is 24.3 Å². The summed E-state index contributed by atoms with van der Waals surface area (Å²) in [5, 5.41) is 14.7. The second kappa shape index (κ2) is 7.50. The van der Waals surface area contributed by atoms with Crippen molar-refractivity contribution in [2.24, 2.45) is 5.10 Å². The number of amides is 1. The Labute approximate surface area is 140 Å². The van der Waals surface area contributed by atoms with E-state index in [4.69, 9.17) is 0 Å². The van der Waals surface area contributed by atoms with E-state index in [1.54, 1.807) is 12.1 Å². The summed E-state index contributed by atoms with van der Waals surface area (Å²) in [4.78, 5) is 22.1. The van der Waals surface area contributed by atoms with Gasteiger partial charge in [0.05, 0.1) is 17.1 Å². The molecular weight excluding hydrogens is 306 g/mol. The number of aryl methyl sites for hydroxylation is 2. The third-order valence-electron chi connectivity index (χ3n) is 3.78. The third kappa shape index (κ3) is 4.49. The first-order valence-corrected chi connectivity index (χ1v) is 7.51. The van der Waals surface area contributed by atoms with Crippen molar-refractivity contribution in [1.29, 1.82) is 0 Å². The molecule has 0 unspecified atom stereocenters. The molecule has 0 saturated heterocycles. The zero-order chi connectivity index (χ0) is 17.7. The van der Waals surface area contributed by atoms with E-state index in [2.05, 4.69) is 10.5 Å². The Bertz CT molecular complexity index is 796. The number of carbonyl (C=O) groups excluding carboxylic acids is 1. The summed E-state index contributed by atoms with van der Waals surface area (Å²) in [6, 6.07) is 11.9. The second-order valence-electron chi connectivity index (χ2n) is 5.63. The topological polar surface area (TPSA) is 84.6 Å². The number of hydrazone groups is 1. The monoisotopic (exact) mass is 325 g/mol. The molecule has 0 aromatic heterocycles. The largest absolute Gasteiger partial charge is 0.273 e. The van der Waals surface area contributed by atoms with Crippen LogP contribution >= 0.6 is 0 Å². The molecule has 2 aromatic rings. The predicted octanol–water partition coefficient (Wildman–Crippen LogP) is 3.29. The number of nitrogens with one attached hydrogen (secondary N) is 1. The van der Waals surface area contributed by atoms with Crippen LogP contribution < -0.4 is 5.43 Å². The van der Waals surface area contributed by atoms with Gasteiger partial charge in [-0.05, 0) is 49.1 Å². The lowest BCUT2D eigenvalue weighted by molar-refractivity contribution is -0.384. The number of nitro groups is 1. The van der Waals surface area contributed by atoms with Crippen LogP contribution in [0.2, 0.25) is 0 Å². The molecule has 0 radical (unpaired) electrons. The predicted molar refractivity (Wildman–Crippen MR) is 93.1 cm³/mol. The lowest BCUT2D eigenvalue weighted by atomic mass is 10.0. The molecular formula is C18H19N3O3. The van der Waals surface area contributed by atoms with Crippen LogP contribution in [-0.2, 0) is 11.2 Å². The fraction of sp³-hybridized carbons (Fsp3) is 0.222. The van der Waals surface area contributed by atoms with Crippen LogP contribution in [0.15, 0.2) is 47.6 Å². The van der Waals surface area contributed by atoms with Crippen LogP contribution in [0.1, 0.15) is 29.2 Å². The SMILES string of the molecule is C/C(=N/NC(=O)Cc1ccc([N+](=O)[O-])cc1)c1ccc(C)c(C)c1. The Morgan fingerprint density at radius 2 is 1.79 bits per heavy atom. The Morgan fingerprint density at radius 1 is 1.12 bits per heavy atom. The molecule has 0 fully saturated rings. The maximum atomic E-state index is 11.9. The van der Waals surface area contributed by atoms with Crippen LogP contribution in [-0.4, -0.2) is 16.5 Å². The van der Waals surface area contributed by atoms with E-state index in [9.17, 15) is 14.9 Å². The van der Waals surface area contributed by atoms with Gasteiger partial charge in [-0.3, -0.25) is 14.9 Å². The van der Waals surface area contributed by atoms with Crippen LogP contribution in [0.3, 0.4) is 0 Å². The number of nitro benzene ring substituents is 1. The lowest BCUT2D eigenvalue weighted by Gasteiger charge is -2.06. The van der Waals surface area contributed by atoms with Gasteiger partial charge in [0.25, 0.3) is 5.69 Å². The molecule has 124 valence electrons.